The Morgan fingerprint density at radius 1 is 1.07 bits per heavy atom. The number of carbonyl (C=O) groups is 1. The summed E-state index contributed by atoms with van der Waals surface area (Å²) in [7, 11) is 2.94. The van der Waals surface area contributed by atoms with Crippen molar-refractivity contribution < 1.29 is 18.7 Å². The van der Waals surface area contributed by atoms with Crippen molar-refractivity contribution in [2.45, 2.75) is 19.4 Å². The average molecular weight is 382 g/mol. The first-order chi connectivity index (χ1) is 13.2. The van der Waals surface area contributed by atoms with Gasteiger partial charge in [0.05, 0.1) is 14.2 Å². The van der Waals surface area contributed by atoms with Gasteiger partial charge in [0, 0.05) is 16.6 Å². The molecular weight excluding hydrogens is 360 g/mol. The Morgan fingerprint density at radius 2 is 1.75 bits per heavy atom. The van der Waals surface area contributed by atoms with Crippen molar-refractivity contribution in [2.24, 2.45) is 5.73 Å². The predicted molar refractivity (Wildman–Crippen MR) is 107 cm³/mol. The number of methoxy groups -OCH3 is 2. The van der Waals surface area contributed by atoms with E-state index in [-0.39, 0.29) is 11.1 Å². The molecule has 0 saturated heterocycles. The van der Waals surface area contributed by atoms with Crippen molar-refractivity contribution in [3.8, 4) is 11.5 Å². The molecule has 28 heavy (non-hydrogen) atoms. The van der Waals surface area contributed by atoms with Gasteiger partial charge in [0.25, 0.3) is 5.91 Å². The lowest BCUT2D eigenvalue weighted by atomic mass is 9.95. The van der Waals surface area contributed by atoms with E-state index in [0.717, 1.165) is 5.56 Å². The normalized spacial score (nSPS) is 11.3. The van der Waals surface area contributed by atoms with E-state index in [0.29, 0.717) is 22.6 Å². The number of nitrogens with one attached hydrogen (secondary N) is 1. The van der Waals surface area contributed by atoms with Crippen molar-refractivity contribution in [3.63, 3.8) is 0 Å². The van der Waals surface area contributed by atoms with E-state index in [1.165, 1.54) is 20.3 Å². The lowest BCUT2D eigenvalue weighted by molar-refractivity contribution is 0.102. The molecule has 2 aromatic carbocycles. The van der Waals surface area contributed by atoms with Crippen LogP contribution >= 0.6 is 0 Å². The maximum atomic E-state index is 12.6. The van der Waals surface area contributed by atoms with Crippen LogP contribution in [0.3, 0.4) is 0 Å². The molecule has 1 aromatic heterocycles. The topological polar surface area (TPSA) is 104 Å². The molecule has 146 valence electrons. The lowest BCUT2D eigenvalue weighted by Gasteiger charge is -2.19. The molecule has 0 spiro atoms. The number of fused-ring (bicyclic) bond motifs is 1. The second kappa shape index (κ2) is 7.36. The Balaban J connectivity index is 1.94. The Labute approximate surface area is 162 Å². The number of hydrogen-bond donors (Lipinski definition) is 2. The van der Waals surface area contributed by atoms with Gasteiger partial charge in [-0.2, -0.15) is 0 Å². The highest BCUT2D eigenvalue weighted by atomic mass is 16.5. The quantitative estimate of drug-likeness (QED) is 0.657. The first-order valence-corrected chi connectivity index (χ1v) is 8.64. The van der Waals surface area contributed by atoms with Crippen LogP contribution in [0.1, 0.15) is 29.8 Å². The van der Waals surface area contributed by atoms with Crippen LogP contribution < -0.4 is 26.1 Å². The molecule has 3 rings (SSSR count). The van der Waals surface area contributed by atoms with Gasteiger partial charge in [-0.15, -0.1) is 0 Å². The summed E-state index contributed by atoms with van der Waals surface area (Å²) in [6.45, 7) is 3.79. The van der Waals surface area contributed by atoms with Crippen LogP contribution in [0, 0.1) is 0 Å². The molecule has 1 amide bonds. The van der Waals surface area contributed by atoms with Crippen LogP contribution in [0.4, 0.5) is 5.69 Å². The predicted octanol–water partition coefficient (Wildman–Crippen LogP) is 3.26. The zero-order valence-electron chi connectivity index (χ0n) is 16.2. The van der Waals surface area contributed by atoms with Crippen LogP contribution in [0.5, 0.6) is 11.5 Å². The number of benzene rings is 2. The SMILES string of the molecule is COc1ccc2cc(C(=O)Nc3ccc(C(C)(C)N)cc3)c(=O)oc2c1OC. The van der Waals surface area contributed by atoms with Gasteiger partial charge in [0.2, 0.25) is 5.75 Å². The average Bonchev–Trinajstić information content (AvgIpc) is 2.66. The van der Waals surface area contributed by atoms with Crippen LogP contribution in [0.25, 0.3) is 11.0 Å². The minimum absolute atomic E-state index is 0.108. The van der Waals surface area contributed by atoms with E-state index >= 15 is 0 Å². The van der Waals surface area contributed by atoms with Gasteiger partial charge < -0.3 is 24.9 Å². The first-order valence-electron chi connectivity index (χ1n) is 8.64. The molecule has 0 aliphatic rings. The van der Waals surface area contributed by atoms with E-state index in [4.69, 9.17) is 19.6 Å². The van der Waals surface area contributed by atoms with Gasteiger partial charge >= 0.3 is 5.63 Å². The third kappa shape index (κ3) is 3.70. The summed E-state index contributed by atoms with van der Waals surface area (Å²) in [5.74, 6) is 0.160. The molecule has 0 radical (unpaired) electrons. The maximum absolute atomic E-state index is 12.6. The number of hydrogen-bond acceptors (Lipinski definition) is 6. The number of carbonyl (C=O) groups excluding carboxylic acids is 1. The van der Waals surface area contributed by atoms with Crippen LogP contribution in [0.15, 0.2) is 51.7 Å². The van der Waals surface area contributed by atoms with Gasteiger partial charge in [-0.25, -0.2) is 4.79 Å². The molecule has 3 N–H and O–H groups in total. The Kier molecular flexibility index (Phi) is 5.11. The minimum atomic E-state index is -0.767. The Hall–Kier alpha value is -3.32. The van der Waals surface area contributed by atoms with Gasteiger partial charge in [-0.1, -0.05) is 12.1 Å². The van der Waals surface area contributed by atoms with Crippen molar-refractivity contribution in [1.29, 1.82) is 0 Å². The molecule has 0 aliphatic heterocycles. The lowest BCUT2D eigenvalue weighted by Crippen LogP contribution is -2.28. The number of ether oxygens (including phenoxy) is 2. The zero-order chi connectivity index (χ0) is 20.5. The van der Waals surface area contributed by atoms with Crippen molar-refractivity contribution in [1.82, 2.24) is 0 Å². The van der Waals surface area contributed by atoms with E-state index in [1.807, 2.05) is 26.0 Å². The molecule has 0 fully saturated rings. The van der Waals surface area contributed by atoms with Gasteiger partial charge in [-0.05, 0) is 49.7 Å². The van der Waals surface area contributed by atoms with Crippen LogP contribution in [0.2, 0.25) is 0 Å². The van der Waals surface area contributed by atoms with Gasteiger partial charge in [0.15, 0.2) is 11.3 Å². The summed E-state index contributed by atoms with van der Waals surface area (Å²) in [6.07, 6.45) is 0. The maximum Gasteiger partial charge on any atom is 0.349 e. The summed E-state index contributed by atoms with van der Waals surface area (Å²) >= 11 is 0. The molecule has 0 unspecified atom stereocenters. The van der Waals surface area contributed by atoms with Crippen molar-refractivity contribution in [2.75, 3.05) is 19.5 Å². The summed E-state index contributed by atoms with van der Waals surface area (Å²) in [5, 5.41) is 3.24. The summed E-state index contributed by atoms with van der Waals surface area (Å²) in [5.41, 5.74) is 6.39. The summed E-state index contributed by atoms with van der Waals surface area (Å²) in [6, 6.07) is 12.0. The fourth-order valence-corrected chi connectivity index (χ4v) is 2.83. The largest absolute Gasteiger partial charge is 0.493 e. The monoisotopic (exact) mass is 382 g/mol. The van der Waals surface area contributed by atoms with E-state index < -0.39 is 17.1 Å². The van der Waals surface area contributed by atoms with Crippen LogP contribution in [-0.4, -0.2) is 20.1 Å². The Morgan fingerprint density at radius 3 is 2.32 bits per heavy atom. The molecule has 7 heteroatoms. The van der Waals surface area contributed by atoms with Gasteiger partial charge in [-0.3, -0.25) is 4.79 Å². The molecule has 1 heterocycles. The zero-order valence-corrected chi connectivity index (χ0v) is 16.2. The van der Waals surface area contributed by atoms with Crippen molar-refractivity contribution >= 4 is 22.6 Å². The number of rotatable bonds is 5. The number of amides is 1. The van der Waals surface area contributed by atoms with Crippen molar-refractivity contribution in [3.05, 3.63) is 64.0 Å². The standard InChI is InChI=1S/C21H22N2O5/c1-21(2,22)13-6-8-14(9-7-13)23-19(24)15-11-12-5-10-16(26-3)18(27-4)17(12)28-20(15)25/h5-11H,22H2,1-4H3,(H,23,24). The molecule has 0 bridgehead atoms. The molecule has 0 saturated carbocycles. The molecular formula is C21H22N2O5. The summed E-state index contributed by atoms with van der Waals surface area (Å²) in [4.78, 5) is 25.0. The fourth-order valence-electron chi connectivity index (χ4n) is 2.83. The third-order valence-corrected chi connectivity index (χ3v) is 4.38. The fraction of sp³-hybridized carbons (Fsp3) is 0.238. The van der Waals surface area contributed by atoms with Gasteiger partial charge in [0.1, 0.15) is 5.56 Å². The molecule has 3 aromatic rings. The second-order valence-electron chi connectivity index (χ2n) is 6.92. The molecule has 7 nitrogen and oxygen atoms in total. The van der Waals surface area contributed by atoms with E-state index in [1.54, 1.807) is 24.3 Å². The Bertz CT molecular complexity index is 1080. The van der Waals surface area contributed by atoms with E-state index in [2.05, 4.69) is 5.32 Å². The van der Waals surface area contributed by atoms with E-state index in [9.17, 15) is 9.59 Å². The first kappa shape index (κ1) is 19.4. The highest BCUT2D eigenvalue weighted by molar-refractivity contribution is 6.05. The number of nitrogens with two attached hydrogens (primary N) is 1. The third-order valence-electron chi connectivity index (χ3n) is 4.38. The highest BCUT2D eigenvalue weighted by Crippen LogP contribution is 2.34. The highest BCUT2D eigenvalue weighted by Gasteiger charge is 2.19. The summed E-state index contributed by atoms with van der Waals surface area (Å²) < 4.78 is 15.8. The smallest absolute Gasteiger partial charge is 0.349 e. The minimum Gasteiger partial charge on any atom is -0.493 e. The van der Waals surface area contributed by atoms with Crippen LogP contribution in [-0.2, 0) is 5.54 Å². The molecule has 0 atom stereocenters. The second-order valence-corrected chi connectivity index (χ2v) is 6.92. The molecule has 0 aliphatic carbocycles. The number of anilines is 1.